The molecule has 94 valence electrons. The minimum atomic E-state index is -4.37. The molecule has 1 aliphatic heterocycles. The zero-order valence-electron chi connectivity index (χ0n) is 9.88. The van der Waals surface area contributed by atoms with Gasteiger partial charge in [-0.05, 0) is 38.3 Å². The largest absolute Gasteiger partial charge is 0.433 e. The van der Waals surface area contributed by atoms with Gasteiger partial charge in [0.15, 0.2) is 0 Å². The molecule has 0 aromatic carbocycles. The van der Waals surface area contributed by atoms with Crippen LogP contribution in [0.1, 0.15) is 31.5 Å². The maximum atomic E-state index is 12.6. The maximum absolute atomic E-state index is 12.6. The van der Waals surface area contributed by atoms with E-state index in [9.17, 15) is 13.2 Å². The first-order valence-corrected chi connectivity index (χ1v) is 5.72. The van der Waals surface area contributed by atoms with Gasteiger partial charge >= 0.3 is 6.18 Å². The van der Waals surface area contributed by atoms with Crippen molar-refractivity contribution in [1.82, 2.24) is 4.98 Å². The number of aromatic nitrogens is 1. The number of alkyl halides is 3. The second-order valence-electron chi connectivity index (χ2n) is 4.59. The smallest absolute Gasteiger partial charge is 0.369 e. The van der Waals surface area contributed by atoms with Crippen LogP contribution in [0.2, 0.25) is 0 Å². The molecule has 2 nitrogen and oxygen atoms in total. The highest BCUT2D eigenvalue weighted by molar-refractivity contribution is 5.56. The molecule has 5 heteroatoms. The Hall–Kier alpha value is -1.26. The van der Waals surface area contributed by atoms with Gasteiger partial charge in [0, 0.05) is 24.5 Å². The zero-order chi connectivity index (χ0) is 12.6. The van der Waals surface area contributed by atoms with Gasteiger partial charge in [0.1, 0.15) is 5.69 Å². The van der Waals surface area contributed by atoms with Crippen molar-refractivity contribution >= 4 is 5.69 Å². The lowest BCUT2D eigenvalue weighted by Gasteiger charge is -2.34. The molecule has 17 heavy (non-hydrogen) atoms. The summed E-state index contributed by atoms with van der Waals surface area (Å²) in [7, 11) is 0. The highest BCUT2D eigenvalue weighted by atomic mass is 19.4. The van der Waals surface area contributed by atoms with Crippen LogP contribution in [-0.2, 0) is 12.6 Å². The minimum Gasteiger partial charge on any atom is -0.369 e. The van der Waals surface area contributed by atoms with Gasteiger partial charge < -0.3 is 4.90 Å². The molecule has 1 aromatic heterocycles. The number of rotatable bonds is 1. The molecule has 0 aliphatic carbocycles. The summed E-state index contributed by atoms with van der Waals surface area (Å²) in [6.07, 6.45) is -1.22. The SMILES string of the molecule is CC(C)N1CCCc2cnc(C(F)(F)F)cc21. The standard InChI is InChI=1S/C12H15F3N2/c1-8(2)17-5-3-4-9-7-16-11(6-10(9)17)12(13,14)15/h6-8H,3-5H2,1-2H3. The predicted octanol–water partition coefficient (Wildman–Crippen LogP) is 3.26. The average Bonchev–Trinajstić information content (AvgIpc) is 2.26. The Bertz CT molecular complexity index is 413. The van der Waals surface area contributed by atoms with Crippen molar-refractivity contribution in [2.75, 3.05) is 11.4 Å². The van der Waals surface area contributed by atoms with E-state index < -0.39 is 11.9 Å². The Balaban J connectivity index is 2.44. The molecule has 0 fully saturated rings. The van der Waals surface area contributed by atoms with Crippen molar-refractivity contribution in [2.45, 2.75) is 38.9 Å². The topological polar surface area (TPSA) is 16.1 Å². The average molecular weight is 244 g/mol. The van der Waals surface area contributed by atoms with Crippen molar-refractivity contribution in [3.8, 4) is 0 Å². The fraction of sp³-hybridized carbons (Fsp3) is 0.583. The molecule has 0 bridgehead atoms. The fourth-order valence-electron chi connectivity index (χ4n) is 2.18. The monoisotopic (exact) mass is 244 g/mol. The van der Waals surface area contributed by atoms with Crippen LogP contribution in [0.25, 0.3) is 0 Å². The van der Waals surface area contributed by atoms with Crippen LogP contribution in [0.3, 0.4) is 0 Å². The van der Waals surface area contributed by atoms with Crippen LogP contribution in [0.15, 0.2) is 12.3 Å². The van der Waals surface area contributed by atoms with Gasteiger partial charge in [-0.3, -0.25) is 4.98 Å². The van der Waals surface area contributed by atoms with Gasteiger partial charge in [-0.15, -0.1) is 0 Å². The number of aryl methyl sites for hydroxylation is 1. The third kappa shape index (κ3) is 2.37. The number of halogens is 3. The quantitative estimate of drug-likeness (QED) is 0.753. The Morgan fingerprint density at radius 2 is 2.06 bits per heavy atom. The normalized spacial score (nSPS) is 16.2. The third-order valence-corrected chi connectivity index (χ3v) is 3.03. The number of pyridine rings is 1. The Kier molecular flexibility index (Phi) is 3.02. The van der Waals surface area contributed by atoms with Crippen LogP contribution >= 0.6 is 0 Å². The second kappa shape index (κ2) is 4.20. The Labute approximate surface area is 98.5 Å². The number of hydrogen-bond acceptors (Lipinski definition) is 2. The maximum Gasteiger partial charge on any atom is 0.433 e. The number of fused-ring (bicyclic) bond motifs is 1. The zero-order valence-corrected chi connectivity index (χ0v) is 9.88. The van der Waals surface area contributed by atoms with Crippen LogP contribution in [0, 0.1) is 0 Å². The molecular weight excluding hydrogens is 229 g/mol. The Morgan fingerprint density at radius 3 is 2.65 bits per heavy atom. The lowest BCUT2D eigenvalue weighted by Crippen LogP contribution is -2.35. The number of nitrogens with zero attached hydrogens (tertiary/aromatic N) is 2. The van der Waals surface area contributed by atoms with Crippen LogP contribution < -0.4 is 4.90 Å². The summed E-state index contributed by atoms with van der Waals surface area (Å²) in [5, 5.41) is 0. The van der Waals surface area contributed by atoms with Gasteiger partial charge in [-0.25, -0.2) is 0 Å². The van der Waals surface area contributed by atoms with Gasteiger partial charge in [-0.1, -0.05) is 0 Å². The summed E-state index contributed by atoms with van der Waals surface area (Å²) in [6, 6.07) is 1.38. The summed E-state index contributed by atoms with van der Waals surface area (Å²) >= 11 is 0. The molecule has 2 heterocycles. The molecule has 0 N–H and O–H groups in total. The van der Waals surface area contributed by atoms with E-state index in [-0.39, 0.29) is 6.04 Å². The molecule has 0 spiro atoms. The van der Waals surface area contributed by atoms with Crippen LogP contribution in [0.5, 0.6) is 0 Å². The molecule has 0 saturated carbocycles. The van der Waals surface area contributed by atoms with E-state index in [2.05, 4.69) is 4.98 Å². The molecule has 0 atom stereocenters. The van der Waals surface area contributed by atoms with Gasteiger partial charge in [0.05, 0.1) is 0 Å². The molecular formula is C12H15F3N2. The first-order valence-electron chi connectivity index (χ1n) is 5.72. The van der Waals surface area contributed by atoms with Crippen molar-refractivity contribution in [3.63, 3.8) is 0 Å². The van der Waals surface area contributed by atoms with Crippen molar-refractivity contribution in [1.29, 1.82) is 0 Å². The van der Waals surface area contributed by atoms with Crippen LogP contribution in [-0.4, -0.2) is 17.6 Å². The highest BCUT2D eigenvalue weighted by Gasteiger charge is 2.34. The van der Waals surface area contributed by atoms with E-state index in [0.717, 1.165) is 24.9 Å². The fourth-order valence-corrected chi connectivity index (χ4v) is 2.18. The van der Waals surface area contributed by atoms with Gasteiger partial charge in [-0.2, -0.15) is 13.2 Å². The number of anilines is 1. The van der Waals surface area contributed by atoms with Crippen molar-refractivity contribution in [3.05, 3.63) is 23.5 Å². The van der Waals surface area contributed by atoms with Crippen molar-refractivity contribution in [2.24, 2.45) is 0 Å². The highest BCUT2D eigenvalue weighted by Crippen LogP contribution is 2.34. The lowest BCUT2D eigenvalue weighted by molar-refractivity contribution is -0.141. The van der Waals surface area contributed by atoms with Crippen molar-refractivity contribution < 1.29 is 13.2 Å². The van der Waals surface area contributed by atoms with Gasteiger partial charge in [0.25, 0.3) is 0 Å². The first kappa shape index (κ1) is 12.2. The summed E-state index contributed by atoms with van der Waals surface area (Å²) in [6.45, 7) is 4.79. The molecule has 0 saturated heterocycles. The molecule has 1 aromatic rings. The van der Waals surface area contributed by atoms with Crippen LogP contribution in [0.4, 0.5) is 18.9 Å². The lowest BCUT2D eigenvalue weighted by atomic mass is 10.0. The molecule has 0 amide bonds. The van der Waals surface area contributed by atoms with E-state index in [1.54, 1.807) is 0 Å². The number of hydrogen-bond donors (Lipinski definition) is 0. The predicted molar refractivity (Wildman–Crippen MR) is 60.0 cm³/mol. The van der Waals surface area contributed by atoms with E-state index in [0.29, 0.717) is 5.69 Å². The second-order valence-corrected chi connectivity index (χ2v) is 4.59. The summed E-state index contributed by atoms with van der Waals surface area (Å²) in [5.41, 5.74) is 0.801. The van der Waals surface area contributed by atoms with E-state index in [4.69, 9.17) is 0 Å². The van der Waals surface area contributed by atoms with E-state index in [1.807, 2.05) is 18.7 Å². The first-order chi connectivity index (χ1) is 7.89. The Morgan fingerprint density at radius 1 is 1.35 bits per heavy atom. The molecule has 1 aliphatic rings. The summed E-state index contributed by atoms with van der Waals surface area (Å²) < 4.78 is 37.8. The summed E-state index contributed by atoms with van der Waals surface area (Å²) in [5.74, 6) is 0. The third-order valence-electron chi connectivity index (χ3n) is 3.03. The molecule has 0 unspecified atom stereocenters. The molecule has 0 radical (unpaired) electrons. The van der Waals surface area contributed by atoms with Gasteiger partial charge in [0.2, 0.25) is 0 Å². The summed E-state index contributed by atoms with van der Waals surface area (Å²) in [4.78, 5) is 5.52. The molecule has 2 rings (SSSR count). The van der Waals surface area contributed by atoms with E-state index >= 15 is 0 Å². The minimum absolute atomic E-state index is 0.206. The van der Waals surface area contributed by atoms with E-state index in [1.165, 1.54) is 12.3 Å².